The van der Waals surface area contributed by atoms with Crippen LogP contribution in [0.5, 0.6) is 11.5 Å². The van der Waals surface area contributed by atoms with Gasteiger partial charge < -0.3 is 19.5 Å². The lowest BCUT2D eigenvalue weighted by Crippen LogP contribution is -2.25. The van der Waals surface area contributed by atoms with Gasteiger partial charge in [0.25, 0.3) is 5.91 Å². The molecule has 26 heavy (non-hydrogen) atoms. The lowest BCUT2D eigenvalue weighted by Gasteiger charge is -2.18. The molecule has 0 aromatic heterocycles. The summed E-state index contributed by atoms with van der Waals surface area (Å²) in [6, 6.07) is 11.3. The van der Waals surface area contributed by atoms with E-state index >= 15 is 0 Å². The van der Waals surface area contributed by atoms with Crippen LogP contribution in [-0.2, 0) is 9.53 Å². The Kier molecular flexibility index (Phi) is 5.17. The number of fused-ring (bicyclic) bond motifs is 1. The van der Waals surface area contributed by atoms with Crippen LogP contribution >= 0.6 is 0 Å². The molecule has 7 nitrogen and oxygen atoms in total. The Hall–Kier alpha value is -3.35. The fourth-order valence-corrected chi connectivity index (χ4v) is 2.47. The Morgan fingerprint density at radius 2 is 2.00 bits per heavy atom. The smallest absolute Gasteiger partial charge is 0.342 e. The van der Waals surface area contributed by atoms with E-state index in [9.17, 15) is 14.4 Å². The van der Waals surface area contributed by atoms with Crippen LogP contribution in [0.25, 0.3) is 0 Å². The summed E-state index contributed by atoms with van der Waals surface area (Å²) < 4.78 is 15.7. The molecule has 7 heteroatoms. The summed E-state index contributed by atoms with van der Waals surface area (Å²) in [5.74, 6) is -0.433. The van der Waals surface area contributed by atoms with E-state index in [1.165, 1.54) is 6.07 Å². The number of hydrogen-bond donors (Lipinski definition) is 1. The first-order chi connectivity index (χ1) is 12.6. The molecule has 1 heterocycles. The zero-order valence-electron chi connectivity index (χ0n) is 14.1. The number of carbonyl (C=O) groups excluding carboxylic acids is 3. The van der Waals surface area contributed by atoms with Crippen LogP contribution in [0.1, 0.15) is 27.6 Å². The number of hydrogen-bond acceptors (Lipinski definition) is 6. The van der Waals surface area contributed by atoms with Crippen LogP contribution in [-0.4, -0.2) is 37.5 Å². The number of benzene rings is 2. The number of ether oxygens (including phenoxy) is 3. The van der Waals surface area contributed by atoms with Crippen LogP contribution in [0.4, 0.5) is 5.69 Å². The van der Waals surface area contributed by atoms with Crippen molar-refractivity contribution in [3.05, 3.63) is 53.6 Å². The third kappa shape index (κ3) is 3.83. The molecular weight excluding hydrogens is 338 g/mol. The Bertz CT molecular complexity index is 861. The van der Waals surface area contributed by atoms with E-state index in [1.807, 2.05) is 6.92 Å². The Morgan fingerprint density at radius 1 is 1.19 bits per heavy atom. The van der Waals surface area contributed by atoms with Crippen molar-refractivity contribution in [1.29, 1.82) is 0 Å². The van der Waals surface area contributed by atoms with Crippen LogP contribution in [0.2, 0.25) is 0 Å². The second-order valence-electron chi connectivity index (χ2n) is 5.48. The van der Waals surface area contributed by atoms with E-state index < -0.39 is 18.4 Å². The molecule has 0 aliphatic carbocycles. The van der Waals surface area contributed by atoms with Crippen molar-refractivity contribution in [1.82, 2.24) is 0 Å². The average molecular weight is 355 g/mol. The second-order valence-corrected chi connectivity index (χ2v) is 5.48. The molecule has 0 saturated carbocycles. The van der Waals surface area contributed by atoms with Gasteiger partial charge in [-0.1, -0.05) is 12.1 Å². The van der Waals surface area contributed by atoms with Gasteiger partial charge in [-0.25, -0.2) is 4.79 Å². The maximum Gasteiger partial charge on any atom is 0.342 e. The average Bonchev–Trinajstić information content (AvgIpc) is 2.66. The SMILES string of the molecule is CCOc1ccccc1C(=O)OCC(=O)c1ccc2c(c1)NC(=O)CO2. The van der Waals surface area contributed by atoms with E-state index in [0.717, 1.165) is 0 Å². The quantitative estimate of drug-likeness (QED) is 0.632. The van der Waals surface area contributed by atoms with Crippen molar-refractivity contribution in [3.63, 3.8) is 0 Å². The standard InChI is InChI=1S/C19H17NO6/c1-2-24-16-6-4-3-5-13(16)19(23)26-10-15(21)12-7-8-17-14(9-12)20-18(22)11-25-17/h3-9H,2,10-11H2,1H3,(H,20,22). The number of Topliss-reactive ketones (excluding diaryl/α,β-unsaturated/α-hetero) is 1. The number of nitrogens with one attached hydrogen (secondary N) is 1. The molecular formula is C19H17NO6. The van der Waals surface area contributed by atoms with Crippen molar-refractivity contribution >= 4 is 23.3 Å². The third-order valence-electron chi connectivity index (χ3n) is 3.68. The van der Waals surface area contributed by atoms with Gasteiger partial charge in [-0.2, -0.15) is 0 Å². The van der Waals surface area contributed by atoms with E-state index in [4.69, 9.17) is 14.2 Å². The highest BCUT2D eigenvalue weighted by Crippen LogP contribution is 2.28. The fraction of sp³-hybridized carbons (Fsp3) is 0.211. The molecule has 0 fully saturated rings. The molecule has 0 atom stereocenters. The highest BCUT2D eigenvalue weighted by Gasteiger charge is 2.19. The molecule has 0 saturated heterocycles. The number of ketones is 1. The lowest BCUT2D eigenvalue weighted by molar-refractivity contribution is -0.118. The minimum Gasteiger partial charge on any atom is -0.493 e. The van der Waals surface area contributed by atoms with E-state index in [1.54, 1.807) is 36.4 Å². The summed E-state index contributed by atoms with van der Waals surface area (Å²) in [6.07, 6.45) is 0. The summed E-state index contributed by atoms with van der Waals surface area (Å²) in [7, 11) is 0. The molecule has 134 valence electrons. The summed E-state index contributed by atoms with van der Waals surface area (Å²) in [5, 5.41) is 2.63. The van der Waals surface area contributed by atoms with Gasteiger partial charge in [-0.15, -0.1) is 0 Å². The molecule has 0 spiro atoms. The lowest BCUT2D eigenvalue weighted by atomic mass is 10.1. The van der Waals surface area contributed by atoms with Gasteiger partial charge >= 0.3 is 5.97 Å². The van der Waals surface area contributed by atoms with Crippen LogP contribution < -0.4 is 14.8 Å². The van der Waals surface area contributed by atoms with Gasteiger partial charge in [-0.3, -0.25) is 9.59 Å². The maximum absolute atomic E-state index is 12.3. The predicted octanol–water partition coefficient (Wildman–Crippen LogP) is 2.46. The molecule has 0 unspecified atom stereocenters. The molecule has 1 aliphatic rings. The van der Waals surface area contributed by atoms with E-state index in [0.29, 0.717) is 29.4 Å². The van der Waals surface area contributed by atoms with Gasteiger partial charge in [0.05, 0.1) is 12.3 Å². The summed E-state index contributed by atoms with van der Waals surface area (Å²) in [5.41, 5.74) is 0.980. The van der Waals surface area contributed by atoms with Crippen LogP contribution in [0.15, 0.2) is 42.5 Å². The number of rotatable bonds is 6. The molecule has 1 aliphatic heterocycles. The first kappa shape index (κ1) is 17.5. The highest BCUT2D eigenvalue weighted by molar-refractivity contribution is 6.02. The van der Waals surface area contributed by atoms with Gasteiger partial charge in [0.1, 0.15) is 17.1 Å². The summed E-state index contributed by atoms with van der Waals surface area (Å²) in [6.45, 7) is 1.74. The summed E-state index contributed by atoms with van der Waals surface area (Å²) >= 11 is 0. The monoisotopic (exact) mass is 355 g/mol. The molecule has 0 radical (unpaired) electrons. The molecule has 1 amide bonds. The number of esters is 1. The number of anilines is 1. The molecule has 2 aromatic rings. The minimum atomic E-state index is -0.642. The minimum absolute atomic E-state index is 0.0584. The number of amides is 1. The number of para-hydroxylation sites is 1. The second kappa shape index (κ2) is 7.69. The number of carbonyl (C=O) groups is 3. The first-order valence-corrected chi connectivity index (χ1v) is 8.07. The zero-order chi connectivity index (χ0) is 18.5. The normalized spacial score (nSPS) is 12.4. The van der Waals surface area contributed by atoms with E-state index in [2.05, 4.69) is 5.32 Å². The van der Waals surface area contributed by atoms with Gasteiger partial charge in [0.15, 0.2) is 19.0 Å². The largest absolute Gasteiger partial charge is 0.493 e. The van der Waals surface area contributed by atoms with Crippen molar-refractivity contribution in [2.75, 3.05) is 25.1 Å². The predicted molar refractivity (Wildman–Crippen MR) is 92.8 cm³/mol. The van der Waals surface area contributed by atoms with Crippen LogP contribution in [0, 0.1) is 0 Å². The summed E-state index contributed by atoms with van der Waals surface area (Å²) in [4.78, 5) is 35.9. The van der Waals surface area contributed by atoms with Gasteiger partial charge in [-0.05, 0) is 37.3 Å². The Labute approximate surface area is 149 Å². The van der Waals surface area contributed by atoms with Crippen molar-refractivity contribution in [2.24, 2.45) is 0 Å². The topological polar surface area (TPSA) is 90.9 Å². The molecule has 1 N–H and O–H groups in total. The Balaban J connectivity index is 1.67. The molecule has 0 bridgehead atoms. The maximum atomic E-state index is 12.3. The third-order valence-corrected chi connectivity index (χ3v) is 3.68. The fourth-order valence-electron chi connectivity index (χ4n) is 2.47. The van der Waals surface area contributed by atoms with Gasteiger partial charge in [0.2, 0.25) is 0 Å². The zero-order valence-corrected chi connectivity index (χ0v) is 14.1. The van der Waals surface area contributed by atoms with Crippen molar-refractivity contribution < 1.29 is 28.6 Å². The Morgan fingerprint density at radius 3 is 2.81 bits per heavy atom. The molecule has 3 rings (SSSR count). The van der Waals surface area contributed by atoms with Crippen molar-refractivity contribution in [2.45, 2.75) is 6.92 Å². The molecule has 2 aromatic carbocycles. The highest BCUT2D eigenvalue weighted by atomic mass is 16.5. The first-order valence-electron chi connectivity index (χ1n) is 8.07. The van der Waals surface area contributed by atoms with Crippen LogP contribution in [0.3, 0.4) is 0 Å². The van der Waals surface area contributed by atoms with Crippen molar-refractivity contribution in [3.8, 4) is 11.5 Å². The van der Waals surface area contributed by atoms with Gasteiger partial charge in [0, 0.05) is 5.56 Å². The van der Waals surface area contributed by atoms with E-state index in [-0.39, 0.29) is 18.1 Å².